The summed E-state index contributed by atoms with van der Waals surface area (Å²) in [5.41, 5.74) is 12.0. The van der Waals surface area contributed by atoms with Gasteiger partial charge in [0.15, 0.2) is 10.2 Å². The Bertz CT molecular complexity index is 1000. The highest BCUT2D eigenvalue weighted by atomic mass is 32.1. The highest BCUT2D eigenvalue weighted by Gasteiger charge is 2.52. The van der Waals surface area contributed by atoms with Gasteiger partial charge < -0.3 is 10.6 Å². The number of nitrogens with one attached hydrogen (secondary N) is 6. The van der Waals surface area contributed by atoms with Gasteiger partial charge in [-0.3, -0.25) is 31.3 Å². The van der Waals surface area contributed by atoms with Crippen LogP contribution in [0.15, 0.2) is 60.7 Å². The molecule has 2 amide bonds. The number of rotatable bonds is 5. The topological polar surface area (TPSA) is 106 Å². The number of carbonyl (C=O) groups excluding carboxylic acids is 2. The minimum Gasteiger partial charge on any atom is -0.331 e. The third-order valence-corrected chi connectivity index (χ3v) is 6.31. The summed E-state index contributed by atoms with van der Waals surface area (Å²) in [7, 11) is 0. The van der Waals surface area contributed by atoms with Gasteiger partial charge in [0.25, 0.3) is 0 Å². The molecule has 0 saturated heterocycles. The molecule has 174 valence electrons. The Balaban J connectivity index is 1.37. The number of carbonyl (C=O) groups is 2. The molecule has 8 nitrogen and oxygen atoms in total. The van der Waals surface area contributed by atoms with Gasteiger partial charge in [-0.1, -0.05) is 50.2 Å². The Kier molecular flexibility index (Phi) is 8.18. The number of para-hydroxylation sites is 2. The summed E-state index contributed by atoms with van der Waals surface area (Å²) in [6, 6.07) is 18.9. The number of amides is 2. The quantitative estimate of drug-likeness (QED) is 0.284. The van der Waals surface area contributed by atoms with Gasteiger partial charge in [-0.2, -0.15) is 0 Å². The lowest BCUT2D eigenvalue weighted by Gasteiger charge is -2.51. The van der Waals surface area contributed by atoms with Crippen LogP contribution in [-0.2, 0) is 9.59 Å². The summed E-state index contributed by atoms with van der Waals surface area (Å²) in [5, 5.41) is 6.58. The smallest absolute Gasteiger partial charge is 0.242 e. The summed E-state index contributed by atoms with van der Waals surface area (Å²) in [6.07, 6.45) is 0.901. The van der Waals surface area contributed by atoms with Crippen LogP contribution in [0, 0.1) is 17.3 Å². The molecule has 0 radical (unpaired) electrons. The van der Waals surface area contributed by atoms with E-state index in [0.717, 1.165) is 11.4 Å². The van der Waals surface area contributed by atoms with Gasteiger partial charge in [0.1, 0.15) is 0 Å². The second kappa shape index (κ2) is 11.1. The third kappa shape index (κ3) is 6.87. The van der Waals surface area contributed by atoms with Gasteiger partial charge >= 0.3 is 0 Å². The van der Waals surface area contributed by atoms with Crippen molar-refractivity contribution in [3.05, 3.63) is 60.7 Å². The van der Waals surface area contributed by atoms with Crippen LogP contribution in [-0.4, -0.2) is 22.0 Å². The molecule has 1 aliphatic carbocycles. The highest BCUT2D eigenvalue weighted by Crippen LogP contribution is 2.52. The van der Waals surface area contributed by atoms with E-state index in [1.165, 1.54) is 0 Å². The Morgan fingerprint density at radius 3 is 1.79 bits per heavy atom. The Hall–Kier alpha value is -3.24. The van der Waals surface area contributed by atoms with Crippen LogP contribution < -0.4 is 32.3 Å². The molecule has 2 atom stereocenters. The minimum absolute atomic E-state index is 0.0695. The van der Waals surface area contributed by atoms with Crippen molar-refractivity contribution in [3.63, 3.8) is 0 Å². The van der Waals surface area contributed by atoms with E-state index in [4.69, 9.17) is 24.4 Å². The third-order valence-electron chi connectivity index (χ3n) is 5.90. The van der Waals surface area contributed by atoms with Crippen molar-refractivity contribution in [3.8, 4) is 0 Å². The van der Waals surface area contributed by atoms with E-state index in [1.807, 2.05) is 74.5 Å². The fourth-order valence-electron chi connectivity index (χ4n) is 3.78. The van der Waals surface area contributed by atoms with Crippen molar-refractivity contribution < 1.29 is 9.59 Å². The first-order valence-corrected chi connectivity index (χ1v) is 11.4. The van der Waals surface area contributed by atoms with Gasteiger partial charge in [-0.05, 0) is 66.5 Å². The molecule has 6 N–H and O–H groups in total. The highest BCUT2D eigenvalue weighted by molar-refractivity contribution is 7.80. The predicted molar refractivity (Wildman–Crippen MR) is 138 cm³/mol. The lowest BCUT2D eigenvalue weighted by Crippen LogP contribution is -2.57. The van der Waals surface area contributed by atoms with Crippen LogP contribution in [0.2, 0.25) is 0 Å². The second-order valence-corrected chi connectivity index (χ2v) is 9.25. The zero-order valence-electron chi connectivity index (χ0n) is 18.5. The second-order valence-electron chi connectivity index (χ2n) is 8.44. The molecular weight excluding hydrogens is 456 g/mol. The molecule has 3 rings (SSSR count). The zero-order valence-corrected chi connectivity index (χ0v) is 20.1. The molecule has 0 aliphatic heterocycles. The minimum atomic E-state index is -0.333. The first-order valence-electron chi connectivity index (χ1n) is 10.6. The molecule has 33 heavy (non-hydrogen) atoms. The number of hydrogen-bond donors (Lipinski definition) is 6. The van der Waals surface area contributed by atoms with Crippen molar-refractivity contribution in [1.82, 2.24) is 21.7 Å². The van der Waals surface area contributed by atoms with Crippen molar-refractivity contribution in [2.45, 2.75) is 26.7 Å². The summed E-state index contributed by atoms with van der Waals surface area (Å²) < 4.78 is 0. The maximum atomic E-state index is 12.6. The SMILES string of the molecule is CC1(C)C(CC(=O)NNC(=S)Nc2ccccc2)CC1C(=O)NNC(=S)Nc1ccccc1. The largest absolute Gasteiger partial charge is 0.331 e. The van der Waals surface area contributed by atoms with E-state index >= 15 is 0 Å². The van der Waals surface area contributed by atoms with Gasteiger partial charge in [0.2, 0.25) is 11.8 Å². The van der Waals surface area contributed by atoms with E-state index in [9.17, 15) is 9.59 Å². The van der Waals surface area contributed by atoms with Gasteiger partial charge in [-0.15, -0.1) is 0 Å². The van der Waals surface area contributed by atoms with Crippen LogP contribution in [0.1, 0.15) is 26.7 Å². The van der Waals surface area contributed by atoms with E-state index < -0.39 is 0 Å². The Morgan fingerprint density at radius 1 is 0.818 bits per heavy atom. The monoisotopic (exact) mass is 484 g/mol. The first-order chi connectivity index (χ1) is 15.8. The van der Waals surface area contributed by atoms with Crippen molar-refractivity contribution in [2.24, 2.45) is 17.3 Å². The van der Waals surface area contributed by atoms with Gasteiger partial charge in [-0.25, -0.2) is 0 Å². The number of hydrogen-bond acceptors (Lipinski definition) is 4. The lowest BCUT2D eigenvalue weighted by molar-refractivity contribution is -0.145. The maximum Gasteiger partial charge on any atom is 0.242 e. The molecular formula is C23H28N6O2S2. The summed E-state index contributed by atoms with van der Waals surface area (Å²) >= 11 is 10.4. The summed E-state index contributed by atoms with van der Waals surface area (Å²) in [6.45, 7) is 3.99. The van der Waals surface area contributed by atoms with Gasteiger partial charge in [0, 0.05) is 23.7 Å². The van der Waals surface area contributed by atoms with Crippen LogP contribution in [0.3, 0.4) is 0 Å². The molecule has 1 aliphatic rings. The van der Waals surface area contributed by atoms with E-state index in [2.05, 4.69) is 32.3 Å². The molecule has 2 aromatic rings. The fraction of sp³-hybridized carbons (Fsp3) is 0.304. The number of benzene rings is 2. The van der Waals surface area contributed by atoms with Crippen LogP contribution >= 0.6 is 24.4 Å². The van der Waals surface area contributed by atoms with Crippen LogP contribution in [0.4, 0.5) is 11.4 Å². The van der Waals surface area contributed by atoms with Crippen molar-refractivity contribution >= 4 is 57.8 Å². The Morgan fingerprint density at radius 2 is 1.30 bits per heavy atom. The van der Waals surface area contributed by atoms with Crippen molar-refractivity contribution in [2.75, 3.05) is 10.6 Å². The van der Waals surface area contributed by atoms with Crippen molar-refractivity contribution in [1.29, 1.82) is 0 Å². The number of hydrazine groups is 2. The molecule has 0 spiro atoms. The number of anilines is 2. The normalized spacial score (nSPS) is 18.1. The van der Waals surface area contributed by atoms with E-state index in [0.29, 0.717) is 23.1 Å². The summed E-state index contributed by atoms with van der Waals surface area (Å²) in [4.78, 5) is 25.0. The molecule has 2 unspecified atom stereocenters. The van der Waals surface area contributed by atoms with Crippen LogP contribution in [0.25, 0.3) is 0 Å². The first kappa shape index (κ1) is 24.4. The molecule has 1 saturated carbocycles. The molecule has 2 aromatic carbocycles. The fourth-order valence-corrected chi connectivity index (χ4v) is 4.12. The average Bonchev–Trinajstić information content (AvgIpc) is 2.80. The van der Waals surface area contributed by atoms with Crippen LogP contribution in [0.5, 0.6) is 0 Å². The lowest BCUT2D eigenvalue weighted by atomic mass is 9.53. The standard InChI is InChI=1S/C23H28N6O2S2/c1-23(2)15(14-19(30)26-28-21(32)24-16-9-5-3-6-10-16)13-18(23)20(31)27-29-22(33)25-17-11-7-4-8-12-17/h3-12,15,18H,13-14H2,1-2H3,(H,26,30)(H,27,31)(H2,24,28,32)(H2,25,29,33). The Labute approximate surface area is 204 Å². The zero-order chi connectivity index (χ0) is 23.8. The maximum absolute atomic E-state index is 12.6. The summed E-state index contributed by atoms with van der Waals surface area (Å²) in [5.74, 6) is -0.494. The molecule has 0 heterocycles. The molecule has 1 fully saturated rings. The van der Waals surface area contributed by atoms with E-state index in [1.54, 1.807) is 0 Å². The number of thiocarbonyl (C=S) groups is 2. The molecule has 0 aromatic heterocycles. The predicted octanol–water partition coefficient (Wildman–Crippen LogP) is 3.07. The van der Waals surface area contributed by atoms with Gasteiger partial charge in [0.05, 0.1) is 0 Å². The molecule has 10 heteroatoms. The van der Waals surface area contributed by atoms with E-state index in [-0.39, 0.29) is 29.1 Å². The molecule has 0 bridgehead atoms. The average molecular weight is 485 g/mol.